The maximum absolute atomic E-state index is 12.1. The first kappa shape index (κ1) is 13.9. The van der Waals surface area contributed by atoms with Gasteiger partial charge in [-0.1, -0.05) is 6.42 Å². The van der Waals surface area contributed by atoms with Crippen LogP contribution in [0.5, 0.6) is 0 Å². The molecule has 2 aromatic heterocycles. The summed E-state index contributed by atoms with van der Waals surface area (Å²) < 4.78 is 2.35. The van der Waals surface area contributed by atoms with Crippen LogP contribution < -0.4 is 0 Å². The van der Waals surface area contributed by atoms with E-state index in [0.717, 1.165) is 37.3 Å². The van der Waals surface area contributed by atoms with E-state index in [1.807, 2.05) is 21.6 Å². The highest BCUT2D eigenvalue weighted by molar-refractivity contribution is 7.71. The van der Waals surface area contributed by atoms with Crippen molar-refractivity contribution in [2.24, 2.45) is 0 Å². The van der Waals surface area contributed by atoms with Crippen molar-refractivity contribution in [1.82, 2.24) is 24.6 Å². The van der Waals surface area contributed by atoms with Crippen LogP contribution in [0.25, 0.3) is 5.69 Å². The third-order valence-electron chi connectivity index (χ3n) is 3.65. The number of aromatic amines is 1. The molecule has 0 saturated carbocycles. The van der Waals surface area contributed by atoms with Crippen molar-refractivity contribution in [3.8, 4) is 5.69 Å². The van der Waals surface area contributed by atoms with Gasteiger partial charge in [0.1, 0.15) is 0 Å². The summed E-state index contributed by atoms with van der Waals surface area (Å²) in [5, 5.41) is 7.08. The second-order valence-corrected chi connectivity index (χ2v) is 5.50. The van der Waals surface area contributed by atoms with Crippen molar-refractivity contribution in [2.45, 2.75) is 32.2 Å². The fraction of sp³-hybridized carbons (Fsp3) is 0.429. The SMILES string of the molecule is O=C1CCCCCN1Cc1n[nH]c(=S)n1-c1cccnc1. The first-order valence-corrected chi connectivity index (χ1v) is 7.51. The van der Waals surface area contributed by atoms with Gasteiger partial charge in [-0.05, 0) is 37.2 Å². The van der Waals surface area contributed by atoms with E-state index in [-0.39, 0.29) is 5.91 Å². The molecule has 1 aliphatic rings. The summed E-state index contributed by atoms with van der Waals surface area (Å²) >= 11 is 5.29. The van der Waals surface area contributed by atoms with Crippen molar-refractivity contribution in [3.63, 3.8) is 0 Å². The normalized spacial score (nSPS) is 16.0. The molecule has 1 saturated heterocycles. The molecule has 0 unspecified atom stereocenters. The number of likely N-dealkylation sites (tertiary alicyclic amines) is 1. The molecule has 0 atom stereocenters. The molecule has 1 aliphatic heterocycles. The molecule has 6 nitrogen and oxygen atoms in total. The maximum Gasteiger partial charge on any atom is 0.222 e. The van der Waals surface area contributed by atoms with E-state index in [9.17, 15) is 4.79 Å². The number of aromatic nitrogens is 4. The van der Waals surface area contributed by atoms with Crippen LogP contribution in [0.3, 0.4) is 0 Å². The molecule has 21 heavy (non-hydrogen) atoms. The number of nitrogens with one attached hydrogen (secondary N) is 1. The maximum atomic E-state index is 12.1. The smallest absolute Gasteiger partial charge is 0.222 e. The van der Waals surface area contributed by atoms with E-state index in [1.54, 1.807) is 12.4 Å². The standard InChI is InChI=1S/C14H17N5OS/c20-13-6-2-1-3-8-18(13)10-12-16-17-14(21)19(12)11-5-4-7-15-9-11/h4-5,7,9H,1-3,6,8,10H2,(H,17,21). The summed E-state index contributed by atoms with van der Waals surface area (Å²) in [7, 11) is 0. The van der Waals surface area contributed by atoms with Crippen LogP contribution in [-0.2, 0) is 11.3 Å². The van der Waals surface area contributed by atoms with E-state index in [1.165, 1.54) is 0 Å². The van der Waals surface area contributed by atoms with Gasteiger partial charge in [0, 0.05) is 19.2 Å². The zero-order valence-electron chi connectivity index (χ0n) is 11.7. The monoisotopic (exact) mass is 303 g/mol. The van der Waals surface area contributed by atoms with Gasteiger partial charge in [-0.2, -0.15) is 5.10 Å². The molecule has 110 valence electrons. The second-order valence-electron chi connectivity index (χ2n) is 5.12. The van der Waals surface area contributed by atoms with E-state index in [0.29, 0.717) is 17.7 Å². The van der Waals surface area contributed by atoms with Crippen molar-refractivity contribution in [3.05, 3.63) is 35.1 Å². The van der Waals surface area contributed by atoms with Gasteiger partial charge in [0.05, 0.1) is 18.4 Å². The summed E-state index contributed by atoms with van der Waals surface area (Å²) in [5.41, 5.74) is 0.855. The van der Waals surface area contributed by atoms with E-state index >= 15 is 0 Å². The molecule has 0 aromatic carbocycles. The third kappa shape index (κ3) is 3.02. The topological polar surface area (TPSA) is 66.8 Å². The fourth-order valence-corrected chi connectivity index (χ4v) is 2.82. The van der Waals surface area contributed by atoms with E-state index in [4.69, 9.17) is 12.2 Å². The molecule has 1 N–H and O–H groups in total. The molecule has 7 heteroatoms. The number of nitrogens with zero attached hydrogens (tertiary/aromatic N) is 4. The zero-order chi connectivity index (χ0) is 14.7. The van der Waals surface area contributed by atoms with Crippen LogP contribution in [-0.4, -0.2) is 37.1 Å². The van der Waals surface area contributed by atoms with Gasteiger partial charge in [0.25, 0.3) is 0 Å². The molecular weight excluding hydrogens is 286 g/mol. The van der Waals surface area contributed by atoms with Gasteiger partial charge >= 0.3 is 0 Å². The number of hydrogen-bond acceptors (Lipinski definition) is 4. The van der Waals surface area contributed by atoms with Gasteiger partial charge in [0.2, 0.25) is 5.91 Å². The summed E-state index contributed by atoms with van der Waals surface area (Å²) in [5.74, 6) is 0.933. The molecule has 3 rings (SSSR count). The minimum absolute atomic E-state index is 0.194. The first-order chi connectivity index (χ1) is 10.3. The lowest BCUT2D eigenvalue weighted by atomic mass is 10.2. The van der Waals surface area contributed by atoms with Crippen molar-refractivity contribution in [1.29, 1.82) is 0 Å². The Morgan fingerprint density at radius 2 is 2.24 bits per heavy atom. The Hall–Kier alpha value is -2.02. The van der Waals surface area contributed by atoms with Crippen molar-refractivity contribution < 1.29 is 4.79 Å². The van der Waals surface area contributed by atoms with E-state index in [2.05, 4.69) is 15.2 Å². The fourth-order valence-electron chi connectivity index (χ4n) is 2.56. The molecular formula is C14H17N5OS. The van der Waals surface area contributed by atoms with Crippen molar-refractivity contribution >= 4 is 18.1 Å². The Bertz CT molecular complexity index is 678. The van der Waals surface area contributed by atoms with Gasteiger partial charge in [-0.25, -0.2) is 0 Å². The number of carbonyl (C=O) groups is 1. The first-order valence-electron chi connectivity index (χ1n) is 7.10. The Kier molecular flexibility index (Phi) is 4.10. The lowest BCUT2D eigenvalue weighted by Gasteiger charge is -2.20. The number of pyridine rings is 1. The van der Waals surface area contributed by atoms with Crippen LogP contribution in [0.15, 0.2) is 24.5 Å². The molecule has 1 fully saturated rings. The number of rotatable bonds is 3. The van der Waals surface area contributed by atoms with E-state index < -0.39 is 0 Å². The predicted octanol–water partition coefficient (Wildman–Crippen LogP) is 2.23. The summed E-state index contributed by atoms with van der Waals surface area (Å²) in [6.45, 7) is 1.26. The molecule has 1 amide bonds. The molecule has 0 spiro atoms. The second kappa shape index (κ2) is 6.17. The van der Waals surface area contributed by atoms with Crippen LogP contribution in [0.1, 0.15) is 31.5 Å². The highest BCUT2D eigenvalue weighted by atomic mass is 32.1. The average molecular weight is 303 g/mol. The van der Waals surface area contributed by atoms with Crippen LogP contribution >= 0.6 is 12.2 Å². The molecule has 2 aromatic rings. The summed E-state index contributed by atoms with van der Waals surface area (Å²) in [4.78, 5) is 18.1. The lowest BCUT2D eigenvalue weighted by molar-refractivity contribution is -0.131. The molecule has 3 heterocycles. The zero-order valence-corrected chi connectivity index (χ0v) is 12.5. The number of carbonyl (C=O) groups excluding carboxylic acids is 1. The predicted molar refractivity (Wildman–Crippen MR) is 80.4 cm³/mol. The largest absolute Gasteiger partial charge is 0.335 e. The minimum Gasteiger partial charge on any atom is -0.335 e. The lowest BCUT2D eigenvalue weighted by Crippen LogP contribution is -2.30. The highest BCUT2D eigenvalue weighted by Gasteiger charge is 2.19. The van der Waals surface area contributed by atoms with Crippen LogP contribution in [0, 0.1) is 4.77 Å². The molecule has 0 aliphatic carbocycles. The highest BCUT2D eigenvalue weighted by Crippen LogP contribution is 2.16. The Labute approximate surface area is 127 Å². The third-order valence-corrected chi connectivity index (χ3v) is 3.92. The molecule has 0 bridgehead atoms. The molecule has 0 radical (unpaired) electrons. The number of H-pyrrole nitrogens is 1. The van der Waals surface area contributed by atoms with Gasteiger partial charge in [0.15, 0.2) is 10.6 Å². The van der Waals surface area contributed by atoms with Gasteiger partial charge < -0.3 is 4.90 Å². The van der Waals surface area contributed by atoms with Crippen LogP contribution in [0.4, 0.5) is 0 Å². The Morgan fingerprint density at radius 1 is 1.33 bits per heavy atom. The summed E-state index contributed by atoms with van der Waals surface area (Å²) in [6, 6.07) is 3.77. The van der Waals surface area contributed by atoms with Gasteiger partial charge in [-0.3, -0.25) is 19.4 Å². The average Bonchev–Trinajstić information content (AvgIpc) is 2.74. The van der Waals surface area contributed by atoms with Crippen molar-refractivity contribution in [2.75, 3.05) is 6.54 Å². The Balaban J connectivity index is 1.90. The summed E-state index contributed by atoms with van der Waals surface area (Å²) in [6.07, 6.45) is 7.20. The quantitative estimate of drug-likeness (QED) is 0.883. The number of hydrogen-bond donors (Lipinski definition) is 1. The minimum atomic E-state index is 0.194. The van der Waals surface area contributed by atoms with Gasteiger partial charge in [-0.15, -0.1) is 0 Å². The Morgan fingerprint density at radius 3 is 3.05 bits per heavy atom. The number of amides is 1. The van der Waals surface area contributed by atoms with Crippen LogP contribution in [0.2, 0.25) is 0 Å².